The van der Waals surface area contributed by atoms with Crippen LogP contribution in [0, 0.1) is 18.7 Å². The Kier molecular flexibility index (Phi) is 8.34. The average molecular weight is 509 g/mol. The number of rotatable bonds is 10. The number of methoxy groups -OCH3 is 2. The van der Waals surface area contributed by atoms with Crippen molar-refractivity contribution in [2.24, 2.45) is 10.9 Å². The first-order valence-corrected chi connectivity index (χ1v) is 11.1. The van der Waals surface area contributed by atoms with E-state index < -0.39 is 17.6 Å². The fraction of sp³-hybridized carbons (Fsp3) is 0.400. The number of alkyl halides is 3. The number of hydrogen-bond donors (Lipinski definition) is 1. The lowest BCUT2D eigenvalue weighted by Crippen LogP contribution is -2.28. The molecule has 194 valence electrons. The smallest absolute Gasteiger partial charge is 0.419 e. The lowest BCUT2D eigenvalue weighted by atomic mass is 10.1. The van der Waals surface area contributed by atoms with Crippen molar-refractivity contribution < 1.29 is 31.8 Å². The Bertz CT molecular complexity index is 1250. The zero-order chi connectivity index (χ0) is 26.6. The summed E-state index contributed by atoms with van der Waals surface area (Å²) >= 11 is 0. The molecule has 36 heavy (non-hydrogen) atoms. The van der Waals surface area contributed by atoms with Gasteiger partial charge in [0.15, 0.2) is 11.5 Å². The summed E-state index contributed by atoms with van der Waals surface area (Å²) in [6.07, 6.45) is -5.15. The Morgan fingerprint density at radius 3 is 2.39 bits per heavy atom. The van der Waals surface area contributed by atoms with Crippen LogP contribution in [0.3, 0.4) is 0 Å². The number of aryl methyl sites for hydroxylation is 1. The minimum atomic E-state index is -4.88. The maximum Gasteiger partial charge on any atom is 0.419 e. The molecular formula is C25H28F4N4O3. The highest BCUT2D eigenvalue weighted by atomic mass is 19.4. The molecule has 0 spiro atoms. The topological polar surface area (TPSA) is 77.9 Å². The number of halogens is 4. The summed E-state index contributed by atoms with van der Waals surface area (Å²) in [7, 11) is 3.08. The van der Waals surface area contributed by atoms with Crippen molar-refractivity contribution in [2.45, 2.75) is 39.6 Å². The molecule has 1 atom stereocenters. The molecule has 1 N–H and O–H groups in total. The van der Waals surface area contributed by atoms with Crippen molar-refractivity contribution in [2.75, 3.05) is 26.1 Å². The normalized spacial score (nSPS) is 12.6. The van der Waals surface area contributed by atoms with Crippen LogP contribution >= 0.6 is 0 Å². The minimum Gasteiger partial charge on any atom is -0.493 e. The van der Waals surface area contributed by atoms with Crippen molar-refractivity contribution >= 4 is 29.1 Å². The molecule has 1 heterocycles. The SMILES string of the molecule is C=Nc1cc(CNc2nc(C)nc3cc(OC)c(OC(COC)C(C)C)cc23)c(F)c(C(F)(F)F)c1. The second-order valence-electron chi connectivity index (χ2n) is 8.47. The van der Waals surface area contributed by atoms with Crippen molar-refractivity contribution in [3.63, 3.8) is 0 Å². The van der Waals surface area contributed by atoms with E-state index in [9.17, 15) is 17.6 Å². The Hall–Kier alpha value is -3.47. The van der Waals surface area contributed by atoms with Gasteiger partial charge in [0.25, 0.3) is 0 Å². The van der Waals surface area contributed by atoms with Crippen LogP contribution in [-0.2, 0) is 17.5 Å². The van der Waals surface area contributed by atoms with E-state index in [1.165, 1.54) is 13.2 Å². The molecule has 7 nitrogen and oxygen atoms in total. The molecular weight excluding hydrogens is 480 g/mol. The summed E-state index contributed by atoms with van der Waals surface area (Å²) in [6.45, 7) is 8.97. The number of aliphatic imine (C=N–C) groups is 1. The molecule has 0 aliphatic heterocycles. The number of nitrogens with zero attached hydrogens (tertiary/aromatic N) is 3. The molecule has 11 heteroatoms. The largest absolute Gasteiger partial charge is 0.493 e. The van der Waals surface area contributed by atoms with Crippen LogP contribution in [0.15, 0.2) is 29.3 Å². The third-order valence-corrected chi connectivity index (χ3v) is 5.51. The third kappa shape index (κ3) is 6.01. The van der Waals surface area contributed by atoms with Crippen LogP contribution in [0.1, 0.15) is 30.8 Å². The van der Waals surface area contributed by atoms with Gasteiger partial charge in [-0.2, -0.15) is 13.2 Å². The predicted octanol–water partition coefficient (Wildman–Crippen LogP) is 6.10. The number of ether oxygens (including phenoxy) is 3. The van der Waals surface area contributed by atoms with Crippen LogP contribution in [0.25, 0.3) is 10.9 Å². The molecule has 3 aromatic rings. The molecule has 0 bridgehead atoms. The van der Waals surface area contributed by atoms with Gasteiger partial charge in [-0.25, -0.2) is 14.4 Å². The summed E-state index contributed by atoms with van der Waals surface area (Å²) in [4.78, 5) is 12.4. The van der Waals surface area contributed by atoms with E-state index in [0.717, 1.165) is 0 Å². The van der Waals surface area contributed by atoms with Gasteiger partial charge in [0.1, 0.15) is 23.6 Å². The molecule has 0 aliphatic carbocycles. The third-order valence-electron chi connectivity index (χ3n) is 5.51. The molecule has 3 rings (SSSR count). The molecule has 0 aliphatic rings. The highest BCUT2D eigenvalue weighted by Gasteiger charge is 2.35. The van der Waals surface area contributed by atoms with Crippen molar-refractivity contribution in [3.8, 4) is 11.5 Å². The number of fused-ring (bicyclic) bond motifs is 1. The Balaban J connectivity index is 2.04. The molecule has 2 aromatic carbocycles. The van der Waals surface area contributed by atoms with Crippen molar-refractivity contribution in [3.05, 3.63) is 47.0 Å². The summed E-state index contributed by atoms with van der Waals surface area (Å²) in [5.74, 6) is 0.302. The van der Waals surface area contributed by atoms with Gasteiger partial charge in [-0.15, -0.1) is 0 Å². The summed E-state index contributed by atoms with van der Waals surface area (Å²) in [5, 5.41) is 3.46. The van der Waals surface area contributed by atoms with Crippen LogP contribution in [-0.4, -0.2) is 43.6 Å². The van der Waals surface area contributed by atoms with Crippen LogP contribution in [0.4, 0.5) is 29.1 Å². The van der Waals surface area contributed by atoms with Crippen molar-refractivity contribution in [1.29, 1.82) is 0 Å². The van der Waals surface area contributed by atoms with Gasteiger partial charge in [-0.3, -0.25) is 4.99 Å². The van der Waals surface area contributed by atoms with Gasteiger partial charge in [0.2, 0.25) is 0 Å². The van der Waals surface area contributed by atoms with Gasteiger partial charge >= 0.3 is 6.18 Å². The number of hydrogen-bond acceptors (Lipinski definition) is 7. The average Bonchev–Trinajstić information content (AvgIpc) is 2.81. The fourth-order valence-corrected chi connectivity index (χ4v) is 3.60. The summed E-state index contributed by atoms with van der Waals surface area (Å²) < 4.78 is 71.6. The molecule has 0 saturated heterocycles. The van der Waals surface area contributed by atoms with E-state index in [1.807, 2.05) is 13.8 Å². The predicted molar refractivity (Wildman–Crippen MR) is 130 cm³/mol. The number of benzene rings is 2. The second-order valence-corrected chi connectivity index (χ2v) is 8.47. The molecule has 0 saturated carbocycles. The van der Waals surface area contributed by atoms with E-state index in [-0.39, 0.29) is 29.8 Å². The fourth-order valence-electron chi connectivity index (χ4n) is 3.60. The van der Waals surface area contributed by atoms with Gasteiger partial charge in [-0.1, -0.05) is 13.8 Å². The van der Waals surface area contributed by atoms with E-state index in [0.29, 0.717) is 46.7 Å². The zero-order valence-corrected chi connectivity index (χ0v) is 20.7. The van der Waals surface area contributed by atoms with Gasteiger partial charge < -0.3 is 19.5 Å². The molecule has 0 amide bonds. The molecule has 0 radical (unpaired) electrons. The number of nitrogens with one attached hydrogen (secondary N) is 1. The number of anilines is 1. The van der Waals surface area contributed by atoms with Crippen LogP contribution < -0.4 is 14.8 Å². The van der Waals surface area contributed by atoms with E-state index in [4.69, 9.17) is 14.2 Å². The summed E-state index contributed by atoms with van der Waals surface area (Å²) in [5.41, 5.74) is -1.23. The Morgan fingerprint density at radius 1 is 1.08 bits per heavy atom. The highest BCUT2D eigenvalue weighted by molar-refractivity contribution is 5.91. The van der Waals surface area contributed by atoms with E-state index in [2.05, 4.69) is 27.0 Å². The highest BCUT2D eigenvalue weighted by Crippen LogP contribution is 2.37. The Morgan fingerprint density at radius 2 is 1.81 bits per heavy atom. The Labute approximate surface area is 206 Å². The first-order chi connectivity index (χ1) is 17.0. The van der Waals surface area contributed by atoms with Gasteiger partial charge in [0, 0.05) is 30.7 Å². The van der Waals surface area contributed by atoms with Crippen molar-refractivity contribution in [1.82, 2.24) is 9.97 Å². The van der Waals surface area contributed by atoms with Crippen LogP contribution in [0.2, 0.25) is 0 Å². The molecule has 0 fully saturated rings. The molecule has 1 unspecified atom stereocenters. The maximum atomic E-state index is 14.7. The maximum absolute atomic E-state index is 14.7. The quantitative estimate of drug-likeness (QED) is 0.263. The monoisotopic (exact) mass is 508 g/mol. The lowest BCUT2D eigenvalue weighted by Gasteiger charge is -2.23. The lowest BCUT2D eigenvalue weighted by molar-refractivity contribution is -0.140. The zero-order valence-electron chi connectivity index (χ0n) is 20.7. The molecule has 1 aromatic heterocycles. The van der Waals surface area contributed by atoms with Crippen LogP contribution in [0.5, 0.6) is 11.5 Å². The minimum absolute atomic E-state index is 0.0949. The standard InChI is InChI=1S/C25H28F4N4O3/c1-13(2)22(12-34-5)36-21-9-17-19(10-20(21)35-6)32-14(3)33-24(17)31-11-15-7-16(30-4)8-18(23(15)26)25(27,28)29/h7-10,13,22H,4,11-12H2,1-3,5-6H3,(H,31,32,33). The van der Waals surface area contributed by atoms with E-state index >= 15 is 0 Å². The van der Waals surface area contributed by atoms with Gasteiger partial charge in [-0.05, 0) is 37.8 Å². The second kappa shape index (κ2) is 11.1. The summed E-state index contributed by atoms with van der Waals surface area (Å²) in [6, 6.07) is 5.19. The number of aromatic nitrogens is 2. The van der Waals surface area contributed by atoms with E-state index in [1.54, 1.807) is 26.2 Å². The first-order valence-electron chi connectivity index (χ1n) is 11.1. The first kappa shape index (κ1) is 27.1. The van der Waals surface area contributed by atoms with Gasteiger partial charge in [0.05, 0.1) is 30.5 Å².